The van der Waals surface area contributed by atoms with Crippen molar-refractivity contribution in [3.63, 3.8) is 0 Å². The molecule has 2 aromatic rings. The molecular formula is C10H7NO2. The number of carbonyl (C=O) groups excluding carboxylic acids is 1. The van der Waals surface area contributed by atoms with Gasteiger partial charge in [0.15, 0.2) is 5.76 Å². The molecule has 0 spiro atoms. The minimum Gasteiger partial charge on any atom is -0.434 e. The Morgan fingerprint density at radius 3 is 2.62 bits per heavy atom. The Hall–Kier alpha value is -1.90. The highest BCUT2D eigenvalue weighted by Gasteiger charge is 2.03. The van der Waals surface area contributed by atoms with E-state index in [0.717, 1.165) is 5.56 Å². The van der Waals surface area contributed by atoms with Gasteiger partial charge in [-0.1, -0.05) is 30.3 Å². The van der Waals surface area contributed by atoms with E-state index in [1.807, 2.05) is 30.3 Å². The monoisotopic (exact) mass is 173 g/mol. The molecule has 0 aliphatic heterocycles. The summed E-state index contributed by atoms with van der Waals surface area (Å²) in [5, 5.41) is 0. The summed E-state index contributed by atoms with van der Waals surface area (Å²) < 4.78 is 5.14. The number of rotatable bonds is 2. The predicted molar refractivity (Wildman–Crippen MR) is 47.3 cm³/mol. The molecule has 0 N–H and O–H groups in total. The third-order valence-corrected chi connectivity index (χ3v) is 1.68. The summed E-state index contributed by atoms with van der Waals surface area (Å²) in [5.41, 5.74) is 0.920. The molecule has 1 aromatic heterocycles. The number of hydrogen-bond acceptors (Lipinski definition) is 3. The lowest BCUT2D eigenvalue weighted by molar-refractivity contribution is 0.109. The molecule has 0 radical (unpaired) electrons. The van der Waals surface area contributed by atoms with Crippen LogP contribution in [0.5, 0.6) is 0 Å². The molecule has 1 aromatic carbocycles. The number of carbonyl (C=O) groups is 1. The maximum Gasteiger partial charge on any atom is 0.260 e. The Morgan fingerprint density at radius 2 is 2.00 bits per heavy atom. The fraction of sp³-hybridized carbons (Fsp3) is 0. The van der Waals surface area contributed by atoms with Crippen LogP contribution in [-0.4, -0.2) is 11.3 Å². The van der Waals surface area contributed by atoms with Crippen LogP contribution >= 0.6 is 0 Å². The highest BCUT2D eigenvalue weighted by atomic mass is 16.4. The molecular weight excluding hydrogens is 166 g/mol. The normalized spacial score (nSPS) is 9.85. The molecule has 1 heterocycles. The second-order valence-electron chi connectivity index (χ2n) is 2.55. The second kappa shape index (κ2) is 3.23. The van der Waals surface area contributed by atoms with Gasteiger partial charge < -0.3 is 4.42 Å². The van der Waals surface area contributed by atoms with E-state index >= 15 is 0 Å². The molecule has 0 atom stereocenters. The first-order valence-corrected chi connectivity index (χ1v) is 3.86. The van der Waals surface area contributed by atoms with Crippen LogP contribution in [0, 0.1) is 0 Å². The number of hydrogen-bond donors (Lipinski definition) is 0. The van der Waals surface area contributed by atoms with E-state index in [-0.39, 0.29) is 5.89 Å². The first-order valence-electron chi connectivity index (χ1n) is 3.86. The van der Waals surface area contributed by atoms with Gasteiger partial charge in [0.25, 0.3) is 5.89 Å². The zero-order chi connectivity index (χ0) is 9.10. The SMILES string of the molecule is O=Cc1ncc(-c2ccccc2)o1. The molecule has 0 unspecified atom stereocenters. The van der Waals surface area contributed by atoms with Crippen LogP contribution < -0.4 is 0 Å². The molecule has 0 amide bonds. The van der Waals surface area contributed by atoms with Crippen molar-refractivity contribution in [1.82, 2.24) is 4.98 Å². The molecule has 0 aliphatic rings. The predicted octanol–water partition coefficient (Wildman–Crippen LogP) is 2.15. The van der Waals surface area contributed by atoms with Crippen molar-refractivity contribution in [3.8, 4) is 11.3 Å². The van der Waals surface area contributed by atoms with Crippen molar-refractivity contribution in [2.75, 3.05) is 0 Å². The van der Waals surface area contributed by atoms with Crippen LogP contribution in [0.25, 0.3) is 11.3 Å². The number of aldehydes is 1. The van der Waals surface area contributed by atoms with Crippen LogP contribution in [0.1, 0.15) is 10.7 Å². The van der Waals surface area contributed by atoms with E-state index in [1.165, 1.54) is 0 Å². The molecule has 13 heavy (non-hydrogen) atoms. The Kier molecular flexibility index (Phi) is 1.92. The van der Waals surface area contributed by atoms with Crippen LogP contribution in [0.4, 0.5) is 0 Å². The molecule has 2 rings (SSSR count). The first-order chi connectivity index (χ1) is 6.40. The Morgan fingerprint density at radius 1 is 1.23 bits per heavy atom. The summed E-state index contributed by atoms with van der Waals surface area (Å²) >= 11 is 0. The van der Waals surface area contributed by atoms with Gasteiger partial charge in [-0.15, -0.1) is 0 Å². The summed E-state index contributed by atoms with van der Waals surface area (Å²) in [6.45, 7) is 0. The van der Waals surface area contributed by atoms with Gasteiger partial charge in [-0.05, 0) is 0 Å². The molecule has 0 saturated carbocycles. The van der Waals surface area contributed by atoms with Gasteiger partial charge in [0, 0.05) is 5.56 Å². The van der Waals surface area contributed by atoms with Gasteiger partial charge in [0.2, 0.25) is 6.29 Å². The van der Waals surface area contributed by atoms with Gasteiger partial charge in [-0.2, -0.15) is 0 Å². The molecule has 0 bridgehead atoms. The largest absolute Gasteiger partial charge is 0.434 e. The average molecular weight is 173 g/mol. The maximum absolute atomic E-state index is 10.3. The van der Waals surface area contributed by atoms with E-state index in [0.29, 0.717) is 12.0 Å². The quantitative estimate of drug-likeness (QED) is 0.653. The highest BCUT2D eigenvalue weighted by molar-refractivity contribution is 5.69. The van der Waals surface area contributed by atoms with E-state index in [9.17, 15) is 4.79 Å². The standard InChI is InChI=1S/C10H7NO2/c12-7-10-11-6-9(13-10)8-4-2-1-3-5-8/h1-7H. The smallest absolute Gasteiger partial charge is 0.260 e. The van der Waals surface area contributed by atoms with Gasteiger partial charge in [0.05, 0.1) is 6.20 Å². The second-order valence-corrected chi connectivity index (χ2v) is 2.55. The molecule has 3 nitrogen and oxygen atoms in total. The van der Waals surface area contributed by atoms with Crippen LogP contribution in [-0.2, 0) is 0 Å². The number of benzene rings is 1. The van der Waals surface area contributed by atoms with E-state index in [4.69, 9.17) is 4.42 Å². The van der Waals surface area contributed by atoms with Gasteiger partial charge in [0.1, 0.15) is 0 Å². The van der Waals surface area contributed by atoms with Gasteiger partial charge in [-0.25, -0.2) is 4.98 Å². The van der Waals surface area contributed by atoms with Crippen LogP contribution in [0.2, 0.25) is 0 Å². The molecule has 0 fully saturated rings. The fourth-order valence-corrected chi connectivity index (χ4v) is 1.08. The third kappa shape index (κ3) is 1.49. The molecule has 3 heteroatoms. The minimum absolute atomic E-state index is 0.110. The number of oxazole rings is 1. The van der Waals surface area contributed by atoms with Crippen molar-refractivity contribution in [2.45, 2.75) is 0 Å². The topological polar surface area (TPSA) is 43.1 Å². The minimum atomic E-state index is 0.110. The zero-order valence-corrected chi connectivity index (χ0v) is 6.81. The lowest BCUT2D eigenvalue weighted by Crippen LogP contribution is -1.73. The number of aromatic nitrogens is 1. The van der Waals surface area contributed by atoms with Crippen molar-refractivity contribution >= 4 is 6.29 Å². The third-order valence-electron chi connectivity index (χ3n) is 1.68. The Labute approximate surface area is 75.0 Å². The zero-order valence-electron chi connectivity index (χ0n) is 6.81. The maximum atomic E-state index is 10.3. The Bertz CT molecular complexity index is 406. The lowest BCUT2D eigenvalue weighted by atomic mass is 10.2. The summed E-state index contributed by atoms with van der Waals surface area (Å²) in [6.07, 6.45) is 2.13. The van der Waals surface area contributed by atoms with Crippen molar-refractivity contribution in [1.29, 1.82) is 0 Å². The first kappa shape index (κ1) is 7.73. The van der Waals surface area contributed by atoms with Crippen LogP contribution in [0.3, 0.4) is 0 Å². The number of nitrogens with zero attached hydrogens (tertiary/aromatic N) is 1. The summed E-state index contributed by atoms with van der Waals surface area (Å²) in [6, 6.07) is 9.52. The fourth-order valence-electron chi connectivity index (χ4n) is 1.08. The Balaban J connectivity index is 2.41. The highest BCUT2D eigenvalue weighted by Crippen LogP contribution is 2.18. The van der Waals surface area contributed by atoms with E-state index in [2.05, 4.69) is 4.98 Å². The molecule has 0 saturated heterocycles. The van der Waals surface area contributed by atoms with Crippen LogP contribution in [0.15, 0.2) is 40.9 Å². The van der Waals surface area contributed by atoms with Crippen molar-refractivity contribution in [2.24, 2.45) is 0 Å². The van der Waals surface area contributed by atoms with Gasteiger partial charge >= 0.3 is 0 Å². The summed E-state index contributed by atoms with van der Waals surface area (Å²) in [4.78, 5) is 14.1. The molecule has 0 aliphatic carbocycles. The van der Waals surface area contributed by atoms with Crippen molar-refractivity contribution < 1.29 is 9.21 Å². The molecule has 64 valence electrons. The average Bonchev–Trinajstić information content (AvgIpc) is 2.67. The van der Waals surface area contributed by atoms with Crippen molar-refractivity contribution in [3.05, 3.63) is 42.4 Å². The lowest BCUT2D eigenvalue weighted by Gasteiger charge is -1.92. The summed E-state index contributed by atoms with van der Waals surface area (Å²) in [5.74, 6) is 0.724. The van der Waals surface area contributed by atoms with E-state index < -0.39 is 0 Å². The van der Waals surface area contributed by atoms with E-state index in [1.54, 1.807) is 6.20 Å². The van der Waals surface area contributed by atoms with Gasteiger partial charge in [-0.3, -0.25) is 4.79 Å². The summed E-state index contributed by atoms with van der Waals surface area (Å²) in [7, 11) is 0.